The zero-order chi connectivity index (χ0) is 40.8. The van der Waals surface area contributed by atoms with Crippen molar-refractivity contribution in [2.45, 2.75) is 35.7 Å². The van der Waals surface area contributed by atoms with Crippen LogP contribution in [0.5, 0.6) is 11.5 Å². The lowest BCUT2D eigenvalue weighted by Gasteiger charge is -2.39. The zero-order valence-corrected chi connectivity index (χ0v) is 32.4. The third-order valence-corrected chi connectivity index (χ3v) is 10.9. The Labute approximate surface area is 341 Å². The summed E-state index contributed by atoms with van der Waals surface area (Å²) >= 11 is 0. The molecule has 0 radical (unpaired) electrons. The monoisotopic (exact) mass is 787 g/mol. The smallest absolute Gasteiger partial charge is 0.351 e. The molecule has 8 rings (SSSR count). The molecule has 59 heavy (non-hydrogen) atoms. The van der Waals surface area contributed by atoms with Gasteiger partial charge in [-0.15, -0.1) is 0 Å². The summed E-state index contributed by atoms with van der Waals surface area (Å²) in [5.41, 5.74) is 1.48. The van der Waals surface area contributed by atoms with E-state index in [1.165, 1.54) is 6.20 Å². The highest BCUT2D eigenvalue weighted by atomic mass is 19.1. The lowest BCUT2D eigenvalue weighted by Crippen LogP contribution is -2.44. The van der Waals surface area contributed by atoms with Gasteiger partial charge < -0.3 is 29.1 Å². The normalized spacial score (nSPS) is 17.9. The van der Waals surface area contributed by atoms with Gasteiger partial charge in [-0.25, -0.2) is 9.18 Å². The summed E-state index contributed by atoms with van der Waals surface area (Å²) in [6, 6.07) is 55.1. The number of methoxy groups -OCH3 is 2. The number of nitrogens with one attached hydrogen (secondary N) is 1. The average molecular weight is 788 g/mol. The van der Waals surface area contributed by atoms with Crippen molar-refractivity contribution in [1.82, 2.24) is 9.55 Å². The molecule has 0 saturated carbocycles. The van der Waals surface area contributed by atoms with Crippen molar-refractivity contribution in [2.75, 3.05) is 19.5 Å². The molecule has 1 aromatic heterocycles. The van der Waals surface area contributed by atoms with Gasteiger partial charge in [0.1, 0.15) is 40.7 Å². The third-order valence-electron chi connectivity index (χ3n) is 10.9. The first-order valence-electron chi connectivity index (χ1n) is 19.2. The minimum absolute atomic E-state index is 0.231. The first-order valence-corrected chi connectivity index (χ1v) is 19.2. The summed E-state index contributed by atoms with van der Waals surface area (Å²) in [5, 5.41) is 3.58. The number of aldehydes is 1. The topological polar surface area (TPSA) is 101 Å². The van der Waals surface area contributed by atoms with E-state index in [4.69, 9.17) is 18.9 Å². The minimum Gasteiger partial charge on any atom is -0.497 e. The number of carbonyl (C=O) groups is 1. The van der Waals surface area contributed by atoms with Crippen LogP contribution in [0.2, 0.25) is 0 Å². The van der Waals surface area contributed by atoms with Crippen LogP contribution in [-0.4, -0.2) is 48.4 Å². The molecule has 1 N–H and O–H groups in total. The molecule has 296 valence electrons. The number of ether oxygens (including phenoxy) is 4. The second-order valence-electron chi connectivity index (χ2n) is 14.1. The van der Waals surface area contributed by atoms with Gasteiger partial charge >= 0.3 is 5.69 Å². The van der Waals surface area contributed by atoms with Crippen LogP contribution in [0, 0.1) is 0 Å². The molecule has 2 heterocycles. The average Bonchev–Trinajstić information content (AvgIpc) is 3.62. The molecule has 7 aromatic rings. The maximum Gasteiger partial charge on any atom is 0.351 e. The van der Waals surface area contributed by atoms with Crippen molar-refractivity contribution >= 4 is 12.1 Å². The largest absolute Gasteiger partial charge is 0.497 e. The Hall–Kier alpha value is -6.88. The number of nitrogens with zero attached hydrogens (tertiary/aromatic N) is 2. The van der Waals surface area contributed by atoms with E-state index in [0.29, 0.717) is 34.5 Å². The molecular formula is C49H42FN3O6. The van der Waals surface area contributed by atoms with Crippen molar-refractivity contribution in [3.63, 3.8) is 0 Å². The van der Waals surface area contributed by atoms with Crippen LogP contribution < -0.4 is 20.5 Å². The molecule has 1 aliphatic heterocycles. The van der Waals surface area contributed by atoms with E-state index in [1.54, 1.807) is 32.4 Å². The summed E-state index contributed by atoms with van der Waals surface area (Å²) in [4.78, 5) is 31.3. The molecule has 9 nitrogen and oxygen atoms in total. The predicted octanol–water partition coefficient (Wildman–Crippen LogP) is 8.48. The highest BCUT2D eigenvalue weighted by molar-refractivity contribution is 5.60. The fourth-order valence-electron chi connectivity index (χ4n) is 8.00. The van der Waals surface area contributed by atoms with E-state index in [0.717, 1.165) is 21.3 Å². The molecule has 0 amide bonds. The van der Waals surface area contributed by atoms with Gasteiger partial charge in [0, 0.05) is 6.20 Å². The molecule has 0 aliphatic carbocycles. The first-order chi connectivity index (χ1) is 28.9. The van der Waals surface area contributed by atoms with Crippen LogP contribution in [0.1, 0.15) is 39.6 Å². The number of alkyl halides is 1. The van der Waals surface area contributed by atoms with Crippen molar-refractivity contribution in [3.05, 3.63) is 226 Å². The van der Waals surface area contributed by atoms with Gasteiger partial charge in [0.05, 0.1) is 14.2 Å². The molecule has 1 aliphatic rings. The zero-order valence-electron chi connectivity index (χ0n) is 32.4. The molecule has 0 bridgehead atoms. The maximum atomic E-state index is 17.2. The van der Waals surface area contributed by atoms with E-state index < -0.39 is 41.4 Å². The molecule has 1 fully saturated rings. The van der Waals surface area contributed by atoms with Gasteiger partial charge in [0.2, 0.25) is 0 Å². The van der Waals surface area contributed by atoms with Crippen molar-refractivity contribution in [1.29, 1.82) is 0 Å². The maximum absolute atomic E-state index is 17.2. The molecule has 1 saturated heterocycles. The van der Waals surface area contributed by atoms with Gasteiger partial charge in [-0.2, -0.15) is 4.98 Å². The molecule has 0 unspecified atom stereocenters. The summed E-state index contributed by atoms with van der Waals surface area (Å²) < 4.78 is 42.2. The van der Waals surface area contributed by atoms with Gasteiger partial charge in [-0.1, -0.05) is 146 Å². The Balaban J connectivity index is 1.18. The number of benzene rings is 6. The summed E-state index contributed by atoms with van der Waals surface area (Å²) in [6.07, 6.45) is -4.37. The lowest BCUT2D eigenvalue weighted by molar-refractivity contribution is -0.131. The summed E-state index contributed by atoms with van der Waals surface area (Å²) in [5.74, 6) is 1.54. The van der Waals surface area contributed by atoms with Crippen molar-refractivity contribution < 1.29 is 28.1 Å². The van der Waals surface area contributed by atoms with Crippen LogP contribution in [0.3, 0.4) is 0 Å². The molecular weight excluding hydrogens is 746 g/mol. The Morgan fingerprint density at radius 1 is 0.627 bits per heavy atom. The summed E-state index contributed by atoms with van der Waals surface area (Å²) in [6.45, 7) is 0. The van der Waals surface area contributed by atoms with Crippen LogP contribution in [0.15, 0.2) is 187 Å². The number of anilines is 1. The van der Waals surface area contributed by atoms with E-state index >= 15 is 4.39 Å². The van der Waals surface area contributed by atoms with Gasteiger partial charge in [-0.05, 0) is 63.7 Å². The van der Waals surface area contributed by atoms with Crippen LogP contribution in [0.25, 0.3) is 0 Å². The fourth-order valence-corrected chi connectivity index (χ4v) is 8.00. The number of halogens is 1. The van der Waals surface area contributed by atoms with Gasteiger partial charge in [-0.3, -0.25) is 4.57 Å². The van der Waals surface area contributed by atoms with Crippen molar-refractivity contribution in [3.8, 4) is 11.5 Å². The highest BCUT2D eigenvalue weighted by Crippen LogP contribution is 2.46. The Bertz CT molecular complexity index is 2440. The SMILES string of the molecule is COc1ccc(C(Nc2ccn([C@@H]3O[C@H](C=O)[C@@H](OC(c4ccccc4)(c4ccccc4)c4ccc(OC)cc4)[C@@H]3F)c(=O)n2)(c2ccccc2)c2ccccc2)cc1. The first kappa shape index (κ1) is 39.0. The minimum atomic E-state index is -1.97. The number of carbonyl (C=O) groups excluding carboxylic acids is 1. The van der Waals surface area contributed by atoms with Crippen LogP contribution in [0.4, 0.5) is 10.2 Å². The van der Waals surface area contributed by atoms with E-state index in [-0.39, 0.29) is 5.82 Å². The Kier molecular flexibility index (Phi) is 11.2. The second kappa shape index (κ2) is 16.9. The van der Waals surface area contributed by atoms with Crippen LogP contribution >= 0.6 is 0 Å². The van der Waals surface area contributed by atoms with Gasteiger partial charge in [0.15, 0.2) is 18.7 Å². The predicted molar refractivity (Wildman–Crippen MR) is 223 cm³/mol. The molecule has 0 spiro atoms. The van der Waals surface area contributed by atoms with Crippen molar-refractivity contribution in [2.24, 2.45) is 0 Å². The summed E-state index contributed by atoms with van der Waals surface area (Å²) in [7, 11) is 3.19. The number of rotatable bonds is 14. The second-order valence-corrected chi connectivity index (χ2v) is 14.1. The Morgan fingerprint density at radius 3 is 1.49 bits per heavy atom. The molecule has 4 atom stereocenters. The third kappa shape index (κ3) is 7.28. The van der Waals surface area contributed by atoms with Gasteiger partial charge in [0.25, 0.3) is 0 Å². The van der Waals surface area contributed by atoms with E-state index in [1.807, 2.05) is 158 Å². The highest BCUT2D eigenvalue weighted by Gasteiger charge is 2.52. The lowest BCUT2D eigenvalue weighted by atomic mass is 9.77. The quantitative estimate of drug-likeness (QED) is 0.0866. The number of hydrogen-bond acceptors (Lipinski definition) is 8. The number of hydrogen-bond donors (Lipinski definition) is 1. The van der Waals surface area contributed by atoms with E-state index in [2.05, 4.69) is 10.3 Å². The van der Waals surface area contributed by atoms with E-state index in [9.17, 15) is 9.59 Å². The number of aromatic nitrogens is 2. The molecule has 6 aromatic carbocycles. The Morgan fingerprint density at radius 2 is 1.05 bits per heavy atom. The van der Waals surface area contributed by atoms with Crippen LogP contribution in [-0.2, 0) is 25.4 Å². The molecule has 10 heteroatoms. The fraction of sp³-hybridized carbons (Fsp3) is 0.163. The standard InChI is InChI=1S/C49H42FN3O6/c1-56-40-27-23-36(24-28-40)48(34-15-7-3-8-16-34,35-17-9-4-10-18-35)52-43-31-32-53(47(55)51-43)46-44(50)45(42(33-54)58-46)59-49(37-19-11-5-12-20-37,38-21-13-6-14-22-38)39-25-29-41(57-2)30-26-39/h3-33,42,44-46H,1-2H3,(H,51,52,55)/t42-,44+,45-,46-/m1/s1.